The van der Waals surface area contributed by atoms with Crippen molar-refractivity contribution < 1.29 is 97.5 Å². The number of morpholine rings is 1. The van der Waals surface area contributed by atoms with Crippen molar-refractivity contribution in [2.24, 2.45) is 0 Å². The molecule has 16 rings (SSSR count). The molecule has 10 atom stereocenters. The number of carbonyl (C=O) groups is 3. The number of ether oxygens (including phenoxy) is 10. The summed E-state index contributed by atoms with van der Waals surface area (Å²) in [5.74, 6) is -0.942. The fraction of sp³-hybridized carbons (Fsp3) is 0.380. The van der Waals surface area contributed by atoms with Crippen molar-refractivity contribution in [1.82, 2.24) is 54.7 Å². The number of aromatic nitrogens is 9. The molecule has 4 aliphatic rings. The Hall–Kier alpha value is -10.7. The van der Waals surface area contributed by atoms with E-state index in [9.17, 15) is 45.0 Å². The van der Waals surface area contributed by atoms with E-state index in [1.807, 2.05) is 172 Å². The number of hydrogen-bond donors (Lipinski definition) is 10. The van der Waals surface area contributed by atoms with Crippen molar-refractivity contribution in [3.8, 4) is 85.2 Å². The largest absolute Gasteiger partial charge is 0.464 e. The molecule has 0 radical (unpaired) electrons. The Morgan fingerprint density at radius 1 is 0.460 bits per heavy atom. The Balaban J connectivity index is 0.000000153. The van der Waals surface area contributed by atoms with E-state index >= 15 is 0 Å². The summed E-state index contributed by atoms with van der Waals surface area (Å²) in [4.78, 5) is 77.1. The lowest BCUT2D eigenvalue weighted by Gasteiger charge is -2.32. The minimum absolute atomic E-state index is 0.0600. The van der Waals surface area contributed by atoms with Gasteiger partial charge < -0.3 is 103 Å². The second-order valence-corrected chi connectivity index (χ2v) is 32.5. The summed E-state index contributed by atoms with van der Waals surface area (Å²) in [5.41, 5.74) is 16.1. The van der Waals surface area contributed by atoms with Crippen LogP contribution >= 0.6 is 34.8 Å². The normalized spacial score (nSPS) is 19.9. The molecule has 1 unspecified atom stereocenters. The van der Waals surface area contributed by atoms with Gasteiger partial charge >= 0.3 is 17.9 Å². The molecule has 0 aliphatic carbocycles. The fourth-order valence-corrected chi connectivity index (χ4v) is 15.5. The molecule has 126 heavy (non-hydrogen) atoms. The first-order chi connectivity index (χ1) is 61.0. The van der Waals surface area contributed by atoms with Crippen LogP contribution in [-0.2, 0) is 66.8 Å². The molecule has 12 aromatic rings. The lowest BCUT2D eigenvalue weighted by molar-refractivity contribution is -0.146. The third-order valence-electron chi connectivity index (χ3n) is 21.7. The second-order valence-electron chi connectivity index (χ2n) is 31.3. The van der Waals surface area contributed by atoms with Crippen molar-refractivity contribution >= 4 is 86.2 Å². The summed E-state index contributed by atoms with van der Waals surface area (Å²) in [6.45, 7) is 7.05. The van der Waals surface area contributed by atoms with Gasteiger partial charge in [0.25, 0.3) is 18.0 Å². The maximum absolute atomic E-state index is 12.3. The predicted octanol–water partition coefficient (Wildman–Crippen LogP) is 10.4. The number of hydrogen-bond acceptors (Lipinski definition) is 28. The molecular formula is C92H100Cl3N11O20. The Bertz CT molecular complexity index is 5590. The molecule has 4 fully saturated rings. The minimum Gasteiger partial charge on any atom is -0.464 e. The van der Waals surface area contributed by atoms with E-state index in [-0.39, 0.29) is 88.5 Å². The van der Waals surface area contributed by atoms with Gasteiger partial charge in [0.15, 0.2) is 16.9 Å². The highest BCUT2D eigenvalue weighted by atomic mass is 35.5. The monoisotopic (exact) mass is 1780 g/mol. The van der Waals surface area contributed by atoms with Crippen LogP contribution in [0.1, 0.15) is 49.3 Å². The standard InChI is InChI=1S/C33H37ClN4O6.C30H33ClN4O6.C29H30ClN3O8/c1-2-29-28(39)18-25(20-43-29)44-33-35-27-19-26(34)31(36-32(27)37-33)24-9-7-23(8-10-24)22-5-3-21(4-6-22)17-30(40)42-16-13-38-11-14-41-15-12-38;1-35(2)11-12-39-27(38)13-18-3-5-19(6-4-18)20-7-9-21(10-8-20)28-23(31)15-24-29(33-28)34-30(32-24)41-22-14-25(37)26(16-36)40-17-22;30-22-11-23-28(33-29(31-23)41-21-10-24(37)25(13-35)39-15-21)32-27(22)19-7-5-18(6-8-19)17-3-1-16(2-4-17)9-26(38)40-14-20(36)12-34/h3-10,19,25,28-29,39H,2,11-18,20H2,1H3,(H,35,36,37);3-10,15,22,25-26,36-37H,11-14,16-17H2,1-2H3,(H,32,33,34);1-8,11,20-21,24-25,34-37H,9-10,12-15H2,(H,31,32,33)/t25-,28+,29-;22-,25+,26-;20?,21-,24+,25-/m111/s1. The third-order valence-corrected chi connectivity index (χ3v) is 22.6. The second kappa shape index (κ2) is 43.7. The molecular weight excluding hydrogens is 1690 g/mol. The number of rotatable bonds is 30. The topological polar surface area (TPSA) is 416 Å². The molecule has 34 heteroatoms. The number of likely N-dealkylation sites (N-methyl/N-ethyl adjacent to an activating group) is 1. The van der Waals surface area contributed by atoms with Gasteiger partial charge in [0, 0.05) is 62.1 Å². The lowest BCUT2D eigenvalue weighted by atomic mass is 10.0. The Morgan fingerprint density at radius 3 is 1.10 bits per heavy atom. The van der Waals surface area contributed by atoms with Crippen molar-refractivity contribution in [2.45, 2.75) is 113 Å². The molecule has 0 bridgehead atoms. The molecule has 31 nitrogen and oxygen atoms in total. The van der Waals surface area contributed by atoms with Crippen LogP contribution in [0.25, 0.3) is 101 Å². The molecule has 0 amide bonds. The number of esters is 3. The summed E-state index contributed by atoms with van der Waals surface area (Å²) >= 11 is 19.8. The smallest absolute Gasteiger partial charge is 0.310 e. The molecule has 10 heterocycles. The zero-order valence-electron chi connectivity index (χ0n) is 69.6. The van der Waals surface area contributed by atoms with Crippen LogP contribution in [-0.4, -0.2) is 282 Å². The Kier molecular flexibility index (Phi) is 31.7. The molecule has 0 spiro atoms. The number of aromatic amines is 3. The summed E-state index contributed by atoms with van der Waals surface area (Å²) in [7, 11) is 3.87. The van der Waals surface area contributed by atoms with Crippen LogP contribution in [0.2, 0.25) is 15.1 Å². The van der Waals surface area contributed by atoms with Crippen LogP contribution in [0.15, 0.2) is 164 Å². The number of aliphatic hydroxyl groups is 7. The van der Waals surface area contributed by atoms with E-state index in [0.717, 1.165) is 106 Å². The van der Waals surface area contributed by atoms with Crippen LogP contribution in [0.5, 0.6) is 18.0 Å². The van der Waals surface area contributed by atoms with Gasteiger partial charge in [0.2, 0.25) is 0 Å². The first-order valence-electron chi connectivity index (χ1n) is 41.7. The number of nitrogens with one attached hydrogen (secondary N) is 3. The van der Waals surface area contributed by atoms with E-state index in [1.165, 1.54) is 0 Å². The van der Waals surface area contributed by atoms with Crippen molar-refractivity contribution in [3.05, 3.63) is 196 Å². The number of benzene rings is 6. The average Bonchev–Trinajstić information content (AvgIpc) is 1.66. The van der Waals surface area contributed by atoms with Gasteiger partial charge in [0.05, 0.1) is 145 Å². The molecule has 4 aliphatic heterocycles. The maximum atomic E-state index is 12.3. The molecule has 10 N–H and O–H groups in total. The lowest BCUT2D eigenvalue weighted by Crippen LogP contribution is -2.45. The number of fused-ring (bicyclic) bond motifs is 3. The van der Waals surface area contributed by atoms with E-state index < -0.39 is 61.4 Å². The molecule has 6 aromatic heterocycles. The van der Waals surface area contributed by atoms with Crippen LogP contribution < -0.4 is 14.2 Å². The minimum atomic E-state index is -1.08. The van der Waals surface area contributed by atoms with Crippen LogP contribution in [0.3, 0.4) is 0 Å². The highest BCUT2D eigenvalue weighted by Gasteiger charge is 2.35. The van der Waals surface area contributed by atoms with Gasteiger partial charge in [-0.1, -0.05) is 187 Å². The quantitative estimate of drug-likeness (QED) is 0.0148. The first kappa shape index (κ1) is 91.5. The highest BCUT2D eigenvalue weighted by Crippen LogP contribution is 2.37. The van der Waals surface area contributed by atoms with Crippen molar-refractivity contribution in [1.29, 1.82) is 0 Å². The van der Waals surface area contributed by atoms with E-state index in [2.05, 4.69) is 44.8 Å². The van der Waals surface area contributed by atoms with Gasteiger partial charge in [-0.3, -0.25) is 19.3 Å². The number of nitrogens with zero attached hydrogens (tertiary/aromatic N) is 8. The average molecular weight is 1790 g/mol. The zero-order chi connectivity index (χ0) is 88.3. The van der Waals surface area contributed by atoms with Crippen molar-refractivity contribution in [3.63, 3.8) is 0 Å². The molecule has 0 saturated carbocycles. The van der Waals surface area contributed by atoms with Crippen molar-refractivity contribution in [2.75, 3.05) is 113 Å². The highest BCUT2D eigenvalue weighted by molar-refractivity contribution is 6.34. The van der Waals surface area contributed by atoms with Gasteiger partial charge in [0.1, 0.15) is 56.4 Å². The van der Waals surface area contributed by atoms with E-state index in [0.29, 0.717) is 117 Å². The predicted molar refractivity (Wildman–Crippen MR) is 471 cm³/mol. The SMILES string of the molecule is CC[C@H]1OC[C@H](Oc2nc3nc(-c4ccc(-c5ccc(CC(=O)OCCN6CCOCC6)cc5)cc4)c(Cl)cc3[nH]2)C[C@@H]1O.CN(C)CCOC(=O)Cc1ccc(-c2ccc(-c3nc4nc(O[C@H]5CO[C@H](CO)[C@@H](O)C5)[nH]c4cc3Cl)cc2)cc1.O=C(Cc1ccc(-c2ccc(-c3nc4nc(O[C@H]5CO[C@H](CO)[C@@H](O)C5)[nH]c4cc3Cl)cc2)cc1)OCC(O)CO. The zero-order valence-corrected chi connectivity index (χ0v) is 71.8. The van der Waals surface area contributed by atoms with Gasteiger partial charge in [-0.25, -0.2) is 15.0 Å². The summed E-state index contributed by atoms with van der Waals surface area (Å²) in [5, 5.41) is 68.4. The van der Waals surface area contributed by atoms with Crippen LogP contribution in [0.4, 0.5) is 0 Å². The first-order valence-corrected chi connectivity index (χ1v) is 42.8. The maximum Gasteiger partial charge on any atom is 0.310 e. The summed E-state index contributed by atoms with van der Waals surface area (Å²) in [6.07, 6.45) is -3.41. The van der Waals surface area contributed by atoms with Gasteiger partial charge in [-0.2, -0.15) is 15.0 Å². The number of pyridine rings is 3. The molecule has 6 aromatic carbocycles. The third kappa shape index (κ3) is 24.6. The number of halogens is 3. The number of aliphatic hydroxyl groups excluding tert-OH is 7. The molecule has 4 saturated heterocycles. The number of carbonyl (C=O) groups excluding carboxylic acids is 3. The van der Waals surface area contributed by atoms with Gasteiger partial charge in [-0.15, -0.1) is 0 Å². The summed E-state index contributed by atoms with van der Waals surface area (Å²) < 4.78 is 55.3. The van der Waals surface area contributed by atoms with E-state index in [1.54, 1.807) is 18.2 Å². The molecule has 664 valence electrons. The number of imidazole rings is 3. The summed E-state index contributed by atoms with van der Waals surface area (Å²) in [6, 6.07) is 52.9. The fourth-order valence-electron chi connectivity index (χ4n) is 14.7. The Morgan fingerprint density at radius 2 is 0.778 bits per heavy atom. The van der Waals surface area contributed by atoms with Crippen LogP contribution in [0, 0.1) is 0 Å². The number of H-pyrrole nitrogens is 3. The van der Waals surface area contributed by atoms with Gasteiger partial charge in [-0.05, 0) is 88.8 Å². The Labute approximate surface area is 740 Å². The van der Waals surface area contributed by atoms with E-state index in [4.69, 9.17) is 92.3 Å².